The van der Waals surface area contributed by atoms with E-state index in [0.29, 0.717) is 13.0 Å². The molecule has 3 N–H and O–H groups in total. The van der Waals surface area contributed by atoms with Gasteiger partial charge in [0.1, 0.15) is 5.60 Å². The number of benzene rings is 1. The van der Waals surface area contributed by atoms with E-state index < -0.39 is 11.7 Å². The molecule has 1 heterocycles. The number of ether oxygens (including phenoxy) is 2. The lowest BCUT2D eigenvalue weighted by molar-refractivity contribution is -0.198. The fourth-order valence-electron chi connectivity index (χ4n) is 4.11. The van der Waals surface area contributed by atoms with Gasteiger partial charge in [-0.15, -0.1) is 0 Å². The van der Waals surface area contributed by atoms with Gasteiger partial charge >= 0.3 is 6.09 Å². The topological polar surface area (TPSA) is 99.9 Å². The molecule has 158 valence electrons. The van der Waals surface area contributed by atoms with Crippen LogP contribution < -0.4 is 11.2 Å². The van der Waals surface area contributed by atoms with Gasteiger partial charge in [-0.3, -0.25) is 4.79 Å². The predicted octanol–water partition coefficient (Wildman–Crippen LogP) is 3.56. The maximum Gasteiger partial charge on any atom is 0.405 e. The summed E-state index contributed by atoms with van der Waals surface area (Å²) in [5.74, 6) is -0.347. The molecule has 2 aliphatic rings. The Morgan fingerprint density at radius 2 is 2.10 bits per heavy atom. The van der Waals surface area contributed by atoms with Gasteiger partial charge < -0.3 is 15.2 Å². The zero-order chi connectivity index (χ0) is 21.1. The Bertz CT molecular complexity index is 793. The molecular weight excluding hydrogens is 372 g/mol. The third kappa shape index (κ3) is 4.79. The Kier molecular flexibility index (Phi) is 6.29. The number of aryl methyl sites for hydroxylation is 1. The molecule has 1 aromatic rings. The standard InChI is InChI=1S/C22H30N2O5/c1-21(2,3)22(28-20(23)26)12-11-16-14-15(7-9-17(16)22)8-10-18(25)24-29-19-6-4-5-13-27-19/h7-10,14,19H,4-6,11-13H2,1-3H3,(H2,23,26)(H,24,25). The first kappa shape index (κ1) is 21.3. The first-order chi connectivity index (χ1) is 13.7. The third-order valence-electron chi connectivity index (χ3n) is 5.65. The van der Waals surface area contributed by atoms with Crippen LogP contribution in [0.3, 0.4) is 0 Å². The number of carbonyl (C=O) groups excluding carboxylic acids is 2. The maximum absolute atomic E-state index is 12.0. The number of nitrogens with one attached hydrogen (secondary N) is 1. The van der Waals surface area contributed by atoms with Gasteiger partial charge in [0, 0.05) is 24.5 Å². The molecule has 2 atom stereocenters. The van der Waals surface area contributed by atoms with E-state index in [-0.39, 0.29) is 17.6 Å². The lowest BCUT2D eigenvalue weighted by Crippen LogP contribution is -2.43. The van der Waals surface area contributed by atoms with E-state index in [1.165, 1.54) is 6.08 Å². The smallest absolute Gasteiger partial charge is 0.405 e. The molecule has 1 aromatic carbocycles. The summed E-state index contributed by atoms with van der Waals surface area (Å²) in [7, 11) is 0. The van der Waals surface area contributed by atoms with E-state index in [4.69, 9.17) is 20.0 Å². The number of hydroxylamine groups is 1. The quantitative estimate of drug-likeness (QED) is 0.579. The molecule has 3 rings (SSSR count). The first-order valence-corrected chi connectivity index (χ1v) is 10.1. The minimum Gasteiger partial charge on any atom is -0.438 e. The highest BCUT2D eigenvalue weighted by molar-refractivity contribution is 5.91. The molecule has 2 amide bonds. The van der Waals surface area contributed by atoms with Gasteiger partial charge in [-0.05, 0) is 48.4 Å². The van der Waals surface area contributed by atoms with E-state index >= 15 is 0 Å². The Morgan fingerprint density at radius 3 is 2.76 bits per heavy atom. The molecule has 7 heteroatoms. The second-order valence-corrected chi connectivity index (χ2v) is 8.63. The van der Waals surface area contributed by atoms with Crippen LogP contribution in [0.25, 0.3) is 6.08 Å². The Hall–Kier alpha value is -2.38. The average molecular weight is 402 g/mol. The lowest BCUT2D eigenvalue weighted by atomic mass is 9.72. The van der Waals surface area contributed by atoms with Crippen molar-refractivity contribution in [3.05, 3.63) is 41.0 Å². The monoisotopic (exact) mass is 402 g/mol. The van der Waals surface area contributed by atoms with Crippen LogP contribution in [-0.2, 0) is 31.1 Å². The molecule has 29 heavy (non-hydrogen) atoms. The molecule has 1 fully saturated rings. The summed E-state index contributed by atoms with van der Waals surface area (Å²) in [6.45, 7) is 6.78. The number of rotatable bonds is 5. The first-order valence-electron chi connectivity index (χ1n) is 10.1. The van der Waals surface area contributed by atoms with Gasteiger partial charge in [0.2, 0.25) is 0 Å². The summed E-state index contributed by atoms with van der Waals surface area (Å²) in [4.78, 5) is 28.8. The van der Waals surface area contributed by atoms with E-state index in [1.54, 1.807) is 6.08 Å². The molecule has 0 aromatic heterocycles. The van der Waals surface area contributed by atoms with Crippen LogP contribution >= 0.6 is 0 Å². The lowest BCUT2D eigenvalue weighted by Gasteiger charge is -2.41. The molecule has 0 spiro atoms. The van der Waals surface area contributed by atoms with Crippen LogP contribution in [0, 0.1) is 5.41 Å². The summed E-state index contributed by atoms with van der Waals surface area (Å²) in [6, 6.07) is 5.88. The molecule has 1 aliphatic carbocycles. The van der Waals surface area contributed by atoms with Gasteiger partial charge in [-0.1, -0.05) is 39.0 Å². The largest absolute Gasteiger partial charge is 0.438 e. The van der Waals surface area contributed by atoms with Crippen molar-refractivity contribution >= 4 is 18.1 Å². The number of amides is 2. The molecule has 0 saturated carbocycles. The van der Waals surface area contributed by atoms with Crippen molar-refractivity contribution in [1.29, 1.82) is 0 Å². The fraction of sp³-hybridized carbons (Fsp3) is 0.545. The van der Waals surface area contributed by atoms with Gasteiger partial charge in [0.15, 0.2) is 6.29 Å². The van der Waals surface area contributed by atoms with E-state index in [9.17, 15) is 9.59 Å². The minimum atomic E-state index is -0.768. The maximum atomic E-state index is 12.0. The number of hydrogen-bond acceptors (Lipinski definition) is 5. The second-order valence-electron chi connectivity index (χ2n) is 8.63. The highest BCUT2D eigenvalue weighted by Crippen LogP contribution is 2.51. The predicted molar refractivity (Wildman–Crippen MR) is 108 cm³/mol. The Morgan fingerprint density at radius 1 is 1.31 bits per heavy atom. The number of hydrogen-bond donors (Lipinski definition) is 2. The SMILES string of the molecule is CC(C)(C)C1(OC(N)=O)CCc2cc(C=CC(=O)NOC3CCCCO3)ccc21. The van der Waals surface area contributed by atoms with Crippen molar-refractivity contribution in [2.24, 2.45) is 11.1 Å². The average Bonchev–Trinajstić information content (AvgIpc) is 3.04. The zero-order valence-electron chi connectivity index (χ0n) is 17.3. The summed E-state index contributed by atoms with van der Waals surface area (Å²) in [6.07, 6.45) is 6.29. The van der Waals surface area contributed by atoms with Crippen LogP contribution in [0.15, 0.2) is 24.3 Å². The van der Waals surface area contributed by atoms with Crippen LogP contribution in [0.2, 0.25) is 0 Å². The van der Waals surface area contributed by atoms with Crippen molar-refractivity contribution in [1.82, 2.24) is 5.48 Å². The van der Waals surface area contributed by atoms with Gasteiger partial charge in [0.25, 0.3) is 5.91 Å². The van der Waals surface area contributed by atoms with Crippen LogP contribution in [0.4, 0.5) is 4.79 Å². The van der Waals surface area contributed by atoms with Crippen molar-refractivity contribution in [2.45, 2.75) is 64.8 Å². The summed E-state index contributed by atoms with van der Waals surface area (Å²) in [5.41, 5.74) is 9.68. The Labute approximate surface area is 171 Å². The molecule has 0 radical (unpaired) electrons. The van der Waals surface area contributed by atoms with E-state index in [0.717, 1.165) is 42.4 Å². The molecule has 1 saturated heterocycles. The minimum absolute atomic E-state index is 0.303. The number of carbonyl (C=O) groups is 2. The zero-order valence-corrected chi connectivity index (χ0v) is 17.3. The number of nitrogens with two attached hydrogens (primary N) is 1. The van der Waals surface area contributed by atoms with Crippen molar-refractivity contribution < 1.29 is 23.9 Å². The molecule has 7 nitrogen and oxygen atoms in total. The van der Waals surface area contributed by atoms with E-state index in [2.05, 4.69) is 5.48 Å². The van der Waals surface area contributed by atoms with Crippen molar-refractivity contribution in [2.75, 3.05) is 6.61 Å². The highest BCUT2D eigenvalue weighted by atomic mass is 16.8. The van der Waals surface area contributed by atoms with Gasteiger partial charge in [0.05, 0.1) is 0 Å². The van der Waals surface area contributed by atoms with E-state index in [1.807, 2.05) is 39.0 Å². The van der Waals surface area contributed by atoms with Crippen molar-refractivity contribution in [3.63, 3.8) is 0 Å². The second kappa shape index (κ2) is 8.55. The molecule has 1 aliphatic heterocycles. The summed E-state index contributed by atoms with van der Waals surface area (Å²) in [5, 5.41) is 0. The van der Waals surface area contributed by atoms with Gasteiger partial charge in [-0.2, -0.15) is 0 Å². The number of fused-ring (bicyclic) bond motifs is 1. The summed E-state index contributed by atoms with van der Waals surface area (Å²) < 4.78 is 11.1. The highest BCUT2D eigenvalue weighted by Gasteiger charge is 2.50. The molecule has 0 bridgehead atoms. The molecular formula is C22H30N2O5. The van der Waals surface area contributed by atoms with Gasteiger partial charge in [-0.25, -0.2) is 15.1 Å². The Balaban J connectivity index is 1.68. The fourth-order valence-corrected chi connectivity index (χ4v) is 4.11. The van der Waals surface area contributed by atoms with Crippen molar-refractivity contribution in [3.8, 4) is 0 Å². The van der Waals surface area contributed by atoms with Crippen LogP contribution in [0.1, 0.15) is 63.1 Å². The molecule has 2 unspecified atom stereocenters. The van der Waals surface area contributed by atoms with Crippen LogP contribution in [0.5, 0.6) is 0 Å². The normalized spacial score (nSPS) is 24.3. The number of primary amides is 1. The summed E-state index contributed by atoms with van der Waals surface area (Å²) >= 11 is 0. The third-order valence-corrected chi connectivity index (χ3v) is 5.65. The van der Waals surface area contributed by atoms with Crippen LogP contribution in [-0.4, -0.2) is 24.9 Å².